The van der Waals surface area contributed by atoms with E-state index in [0.29, 0.717) is 6.10 Å². The van der Waals surface area contributed by atoms with Gasteiger partial charge in [0.2, 0.25) is 0 Å². The summed E-state index contributed by atoms with van der Waals surface area (Å²) >= 11 is 0. The minimum Gasteiger partial charge on any atom is -0.372 e. The van der Waals surface area contributed by atoms with E-state index in [9.17, 15) is 0 Å². The molecule has 13 heavy (non-hydrogen) atoms. The van der Waals surface area contributed by atoms with Crippen molar-refractivity contribution >= 4 is 12.4 Å². The fourth-order valence-corrected chi connectivity index (χ4v) is 2.31. The molecule has 1 N–H and O–H groups in total. The summed E-state index contributed by atoms with van der Waals surface area (Å²) in [5, 5.41) is 3.49. The smallest absolute Gasteiger partial charge is 0.0640 e. The van der Waals surface area contributed by atoms with Crippen molar-refractivity contribution < 1.29 is 4.74 Å². The first-order valence-electron chi connectivity index (χ1n) is 4.97. The van der Waals surface area contributed by atoms with Crippen molar-refractivity contribution in [3.05, 3.63) is 0 Å². The Morgan fingerprint density at radius 1 is 1.31 bits per heavy atom. The monoisotopic (exact) mass is 205 g/mol. The number of halogens is 1. The van der Waals surface area contributed by atoms with Crippen LogP contribution in [-0.4, -0.2) is 24.3 Å². The Bertz CT molecular complexity index is 178. The molecule has 1 saturated carbocycles. The topological polar surface area (TPSA) is 21.3 Å². The second-order valence-electron chi connectivity index (χ2n) is 5.02. The average Bonchev–Trinajstić information content (AvgIpc) is 2.24. The summed E-state index contributed by atoms with van der Waals surface area (Å²) in [6, 6.07) is 0.775. The van der Waals surface area contributed by atoms with Crippen molar-refractivity contribution in [3.8, 4) is 0 Å². The third-order valence-electron chi connectivity index (χ3n) is 2.87. The molecule has 0 aromatic heterocycles. The Hall–Kier alpha value is 0.210. The zero-order valence-corrected chi connectivity index (χ0v) is 9.49. The van der Waals surface area contributed by atoms with Crippen LogP contribution in [-0.2, 0) is 4.74 Å². The number of nitrogens with one attached hydrogen (secondary N) is 1. The lowest BCUT2D eigenvalue weighted by Gasteiger charge is -2.43. The Kier molecular flexibility index (Phi) is 3.26. The van der Waals surface area contributed by atoms with Crippen molar-refractivity contribution in [2.75, 3.05) is 6.54 Å². The van der Waals surface area contributed by atoms with E-state index in [2.05, 4.69) is 26.1 Å². The SMILES string of the molecule is CC(C)(C)O[C@@H]1C[C@H]2NCC[C@H]21.Cl. The molecule has 78 valence electrons. The lowest BCUT2D eigenvalue weighted by atomic mass is 9.77. The normalized spacial score (nSPS) is 37.6. The second-order valence-corrected chi connectivity index (χ2v) is 5.02. The molecule has 0 radical (unpaired) electrons. The zero-order valence-electron chi connectivity index (χ0n) is 8.67. The standard InChI is InChI=1S/C10H19NO.ClH/c1-10(2,3)12-9-6-8-7(9)4-5-11-8;/h7-9,11H,4-6H2,1-3H3;1H/t7-,8-,9-;/m1./s1. The fraction of sp³-hybridized carbons (Fsp3) is 1.00. The maximum absolute atomic E-state index is 5.95. The van der Waals surface area contributed by atoms with Crippen molar-refractivity contribution in [1.82, 2.24) is 5.32 Å². The van der Waals surface area contributed by atoms with E-state index < -0.39 is 0 Å². The summed E-state index contributed by atoms with van der Waals surface area (Å²) in [4.78, 5) is 0. The van der Waals surface area contributed by atoms with Gasteiger partial charge in [-0.05, 0) is 40.2 Å². The molecule has 0 aromatic rings. The van der Waals surface area contributed by atoms with Gasteiger partial charge in [0.05, 0.1) is 11.7 Å². The van der Waals surface area contributed by atoms with Crippen LogP contribution in [0, 0.1) is 5.92 Å². The van der Waals surface area contributed by atoms with Gasteiger partial charge in [0, 0.05) is 12.0 Å². The number of hydrogen-bond acceptors (Lipinski definition) is 2. The third kappa shape index (κ3) is 2.36. The molecule has 0 unspecified atom stereocenters. The van der Waals surface area contributed by atoms with Crippen LogP contribution in [0.25, 0.3) is 0 Å². The number of fused-ring (bicyclic) bond motifs is 1. The van der Waals surface area contributed by atoms with Gasteiger partial charge in [0.15, 0.2) is 0 Å². The highest BCUT2D eigenvalue weighted by Crippen LogP contribution is 2.38. The number of rotatable bonds is 1. The first kappa shape index (κ1) is 11.3. The highest BCUT2D eigenvalue weighted by Gasteiger charge is 2.45. The maximum Gasteiger partial charge on any atom is 0.0640 e. The van der Waals surface area contributed by atoms with Crippen molar-refractivity contribution in [2.45, 2.75) is 51.4 Å². The molecule has 3 heteroatoms. The minimum absolute atomic E-state index is 0. The predicted octanol–water partition coefficient (Wildman–Crippen LogP) is 1.97. The number of hydrogen-bond donors (Lipinski definition) is 1. The van der Waals surface area contributed by atoms with Crippen LogP contribution in [0.1, 0.15) is 33.6 Å². The molecular weight excluding hydrogens is 186 g/mol. The van der Waals surface area contributed by atoms with Gasteiger partial charge in [-0.15, -0.1) is 12.4 Å². The molecule has 2 aliphatic rings. The summed E-state index contributed by atoms with van der Waals surface area (Å²) in [6.07, 6.45) is 3.07. The van der Waals surface area contributed by atoms with E-state index in [1.54, 1.807) is 0 Å². The van der Waals surface area contributed by atoms with E-state index in [-0.39, 0.29) is 18.0 Å². The molecule has 3 atom stereocenters. The van der Waals surface area contributed by atoms with Crippen LogP contribution in [0.4, 0.5) is 0 Å². The second kappa shape index (κ2) is 3.76. The highest BCUT2D eigenvalue weighted by atomic mass is 35.5. The van der Waals surface area contributed by atoms with E-state index in [0.717, 1.165) is 12.0 Å². The van der Waals surface area contributed by atoms with Crippen molar-refractivity contribution in [3.63, 3.8) is 0 Å². The van der Waals surface area contributed by atoms with Crippen molar-refractivity contribution in [1.29, 1.82) is 0 Å². The maximum atomic E-state index is 5.95. The molecule has 2 fully saturated rings. The third-order valence-corrected chi connectivity index (χ3v) is 2.87. The Balaban J connectivity index is 0.000000845. The van der Waals surface area contributed by atoms with Gasteiger partial charge in [-0.25, -0.2) is 0 Å². The molecule has 1 aliphatic heterocycles. The quantitative estimate of drug-likeness (QED) is 0.707. The molecule has 0 amide bonds. The summed E-state index contributed by atoms with van der Waals surface area (Å²) in [6.45, 7) is 7.62. The highest BCUT2D eigenvalue weighted by molar-refractivity contribution is 5.85. The molecule has 2 nitrogen and oxygen atoms in total. The van der Waals surface area contributed by atoms with Crippen LogP contribution in [0.5, 0.6) is 0 Å². The van der Waals surface area contributed by atoms with Gasteiger partial charge in [-0.1, -0.05) is 0 Å². The molecule has 0 aromatic carbocycles. The Morgan fingerprint density at radius 2 is 2.00 bits per heavy atom. The molecule has 1 heterocycles. The van der Waals surface area contributed by atoms with E-state index in [1.807, 2.05) is 0 Å². The van der Waals surface area contributed by atoms with Crippen molar-refractivity contribution in [2.24, 2.45) is 5.92 Å². The molecule has 1 saturated heterocycles. The van der Waals surface area contributed by atoms with Crippen LogP contribution in [0.2, 0.25) is 0 Å². The van der Waals surface area contributed by atoms with Crippen LogP contribution >= 0.6 is 12.4 Å². The molecular formula is C10H20ClNO. The number of ether oxygens (including phenoxy) is 1. The summed E-state index contributed by atoms with van der Waals surface area (Å²) in [7, 11) is 0. The summed E-state index contributed by atoms with van der Waals surface area (Å²) < 4.78 is 5.95. The molecule has 2 rings (SSSR count). The van der Waals surface area contributed by atoms with Gasteiger partial charge < -0.3 is 10.1 Å². The largest absolute Gasteiger partial charge is 0.372 e. The van der Waals surface area contributed by atoms with E-state index >= 15 is 0 Å². The average molecular weight is 206 g/mol. The Morgan fingerprint density at radius 3 is 2.54 bits per heavy atom. The predicted molar refractivity (Wildman–Crippen MR) is 56.4 cm³/mol. The first-order valence-corrected chi connectivity index (χ1v) is 4.97. The van der Waals surface area contributed by atoms with Gasteiger partial charge in [-0.3, -0.25) is 0 Å². The summed E-state index contributed by atoms with van der Waals surface area (Å²) in [5.41, 5.74) is 0.0399. The van der Waals surface area contributed by atoms with Gasteiger partial charge in [0.1, 0.15) is 0 Å². The van der Waals surface area contributed by atoms with Gasteiger partial charge in [-0.2, -0.15) is 0 Å². The first-order chi connectivity index (χ1) is 5.56. The van der Waals surface area contributed by atoms with Gasteiger partial charge in [0.25, 0.3) is 0 Å². The lowest BCUT2D eigenvalue weighted by molar-refractivity contribution is -0.128. The van der Waals surface area contributed by atoms with E-state index in [4.69, 9.17) is 4.74 Å². The molecule has 0 spiro atoms. The summed E-state index contributed by atoms with van der Waals surface area (Å²) in [5.74, 6) is 0.809. The molecule has 0 bridgehead atoms. The zero-order chi connectivity index (χ0) is 8.77. The lowest BCUT2D eigenvalue weighted by Crippen LogP contribution is -2.51. The fourth-order valence-electron chi connectivity index (χ4n) is 2.31. The minimum atomic E-state index is 0. The van der Waals surface area contributed by atoms with Crippen LogP contribution in [0.15, 0.2) is 0 Å². The van der Waals surface area contributed by atoms with Gasteiger partial charge >= 0.3 is 0 Å². The van der Waals surface area contributed by atoms with E-state index in [1.165, 1.54) is 19.4 Å². The molecule has 1 aliphatic carbocycles. The van der Waals surface area contributed by atoms with Crippen LogP contribution < -0.4 is 5.32 Å². The Labute approximate surface area is 86.8 Å². The van der Waals surface area contributed by atoms with Crippen LogP contribution in [0.3, 0.4) is 0 Å².